The van der Waals surface area contributed by atoms with Crippen LogP contribution in [0.15, 0.2) is 42.6 Å². The third-order valence-corrected chi connectivity index (χ3v) is 6.65. The summed E-state index contributed by atoms with van der Waals surface area (Å²) in [4.78, 5) is 18.7. The fraction of sp³-hybridized carbons (Fsp3) is 0.423. The summed E-state index contributed by atoms with van der Waals surface area (Å²) in [5, 5.41) is 4.80. The van der Waals surface area contributed by atoms with Gasteiger partial charge in [-0.3, -0.25) is 4.68 Å². The second kappa shape index (κ2) is 8.55. The summed E-state index contributed by atoms with van der Waals surface area (Å²) in [7, 11) is 0. The Bertz CT molecular complexity index is 1270. The van der Waals surface area contributed by atoms with E-state index in [2.05, 4.69) is 11.1 Å². The average molecular weight is 480 g/mol. The molecule has 1 fully saturated rings. The molecule has 1 saturated heterocycles. The van der Waals surface area contributed by atoms with Gasteiger partial charge in [0.05, 0.1) is 5.69 Å². The number of anilines is 1. The first-order valence-corrected chi connectivity index (χ1v) is 11.8. The molecular weight excluding hydrogens is 449 g/mol. The molecule has 9 heteroatoms. The van der Waals surface area contributed by atoms with E-state index in [0.29, 0.717) is 24.4 Å². The van der Waals surface area contributed by atoms with Crippen molar-refractivity contribution in [3.63, 3.8) is 0 Å². The van der Waals surface area contributed by atoms with Gasteiger partial charge in [0, 0.05) is 48.1 Å². The maximum absolute atomic E-state index is 14.0. The lowest BCUT2D eigenvalue weighted by atomic mass is 9.82. The van der Waals surface area contributed by atoms with Crippen molar-refractivity contribution in [1.82, 2.24) is 19.7 Å². The Morgan fingerprint density at radius 3 is 2.74 bits per heavy atom. The van der Waals surface area contributed by atoms with Gasteiger partial charge in [-0.05, 0) is 51.8 Å². The molecule has 0 radical (unpaired) electrons. The van der Waals surface area contributed by atoms with Crippen LogP contribution in [-0.4, -0.2) is 44.4 Å². The maximum Gasteiger partial charge on any atom is 0.410 e. The molecule has 0 aliphatic carbocycles. The molecule has 1 aromatic carbocycles. The molecular formula is C26H30FN5O3. The summed E-state index contributed by atoms with van der Waals surface area (Å²) in [5.41, 5.74) is 8.45. The van der Waals surface area contributed by atoms with E-state index in [0.717, 1.165) is 36.3 Å². The fourth-order valence-electron chi connectivity index (χ4n) is 4.85. The van der Waals surface area contributed by atoms with E-state index >= 15 is 0 Å². The van der Waals surface area contributed by atoms with Crippen LogP contribution in [0.2, 0.25) is 0 Å². The van der Waals surface area contributed by atoms with Crippen molar-refractivity contribution in [2.45, 2.75) is 57.8 Å². The standard InChI is InChI=1S/C26H30FN5O3/c1-25(2,3)35-24(33)31-10-8-26(16-31)9-11-32-22(26)13-20(30-32)18-12-21(23(28)29-14-18)34-15-17-6-4-5-7-19(17)27/h4-7,12-14H,8-11,15-16H2,1-3H3,(H2,28,29). The minimum absolute atomic E-state index is 0.0469. The minimum atomic E-state index is -0.522. The van der Waals surface area contributed by atoms with Gasteiger partial charge in [0.1, 0.15) is 18.0 Å². The number of ether oxygens (including phenoxy) is 2. The van der Waals surface area contributed by atoms with Crippen LogP contribution in [0.4, 0.5) is 15.0 Å². The number of halogens is 1. The highest BCUT2D eigenvalue weighted by molar-refractivity contribution is 5.69. The molecule has 8 nitrogen and oxygen atoms in total. The van der Waals surface area contributed by atoms with Crippen molar-refractivity contribution in [2.24, 2.45) is 0 Å². The lowest BCUT2D eigenvalue weighted by Crippen LogP contribution is -2.37. The number of aromatic nitrogens is 3. The third kappa shape index (κ3) is 4.54. The topological polar surface area (TPSA) is 95.5 Å². The van der Waals surface area contributed by atoms with Crippen molar-refractivity contribution in [1.29, 1.82) is 0 Å². The number of carbonyl (C=O) groups is 1. The maximum atomic E-state index is 14.0. The van der Waals surface area contributed by atoms with Crippen LogP contribution >= 0.6 is 0 Å². The first-order valence-electron chi connectivity index (χ1n) is 11.8. The van der Waals surface area contributed by atoms with Crippen molar-refractivity contribution in [3.05, 3.63) is 59.7 Å². The van der Waals surface area contributed by atoms with Gasteiger partial charge in [-0.2, -0.15) is 5.10 Å². The predicted octanol–water partition coefficient (Wildman–Crippen LogP) is 4.53. The quantitative estimate of drug-likeness (QED) is 0.591. The Hall–Kier alpha value is -3.62. The average Bonchev–Trinajstić information content (AvgIpc) is 3.50. The highest BCUT2D eigenvalue weighted by atomic mass is 19.1. The molecule has 2 aliphatic rings. The monoisotopic (exact) mass is 479 g/mol. The SMILES string of the molecule is CC(C)(C)OC(=O)N1CCC2(CCn3nc(-c4cnc(N)c(OCc5ccccc5F)c4)cc32)C1. The number of carbonyl (C=O) groups excluding carboxylic acids is 1. The van der Waals surface area contributed by atoms with Gasteiger partial charge in [-0.15, -0.1) is 0 Å². The van der Waals surface area contributed by atoms with Gasteiger partial charge in [0.2, 0.25) is 0 Å². The molecule has 1 atom stereocenters. The Balaban J connectivity index is 1.35. The minimum Gasteiger partial charge on any atom is -0.485 e. The van der Waals surface area contributed by atoms with E-state index in [-0.39, 0.29) is 29.8 Å². The normalized spacial score (nSPS) is 19.3. The highest BCUT2D eigenvalue weighted by Gasteiger charge is 2.47. The van der Waals surface area contributed by atoms with Gasteiger partial charge in [0.25, 0.3) is 0 Å². The molecule has 3 aromatic rings. The molecule has 184 valence electrons. The molecule has 4 heterocycles. The van der Waals surface area contributed by atoms with E-state index in [4.69, 9.17) is 20.3 Å². The molecule has 2 N–H and O–H groups in total. The number of nitrogens with two attached hydrogens (primary N) is 1. The van der Waals surface area contributed by atoms with Crippen molar-refractivity contribution >= 4 is 11.9 Å². The number of hydrogen-bond donors (Lipinski definition) is 1. The molecule has 5 rings (SSSR count). The molecule has 0 saturated carbocycles. The number of fused-ring (bicyclic) bond motifs is 2. The van der Waals surface area contributed by atoms with Crippen LogP contribution < -0.4 is 10.5 Å². The van der Waals surface area contributed by atoms with E-state index in [1.807, 2.05) is 25.5 Å². The molecule has 35 heavy (non-hydrogen) atoms. The first kappa shape index (κ1) is 23.1. The van der Waals surface area contributed by atoms with Crippen molar-refractivity contribution in [3.8, 4) is 17.0 Å². The predicted molar refractivity (Wildman–Crippen MR) is 129 cm³/mol. The third-order valence-electron chi connectivity index (χ3n) is 6.65. The van der Waals surface area contributed by atoms with Gasteiger partial charge in [0.15, 0.2) is 11.6 Å². The van der Waals surface area contributed by atoms with Crippen LogP contribution in [-0.2, 0) is 23.3 Å². The van der Waals surface area contributed by atoms with Crippen LogP contribution in [0, 0.1) is 5.82 Å². The van der Waals surface area contributed by atoms with Crippen molar-refractivity contribution in [2.75, 3.05) is 18.8 Å². The van der Waals surface area contributed by atoms with Crippen LogP contribution in [0.25, 0.3) is 11.3 Å². The number of aryl methyl sites for hydroxylation is 1. The van der Waals surface area contributed by atoms with E-state index < -0.39 is 5.60 Å². The Kier molecular flexibility index (Phi) is 5.65. The second-order valence-electron chi connectivity index (χ2n) is 10.3. The van der Waals surface area contributed by atoms with Gasteiger partial charge in [-0.25, -0.2) is 14.2 Å². The molecule has 0 bridgehead atoms. The van der Waals surface area contributed by atoms with Gasteiger partial charge >= 0.3 is 6.09 Å². The zero-order valence-corrected chi connectivity index (χ0v) is 20.3. The molecule has 2 aromatic heterocycles. The number of likely N-dealkylation sites (tertiary alicyclic amines) is 1. The Labute approximate surface area is 203 Å². The van der Waals surface area contributed by atoms with Crippen LogP contribution in [0.1, 0.15) is 44.9 Å². The summed E-state index contributed by atoms with van der Waals surface area (Å²) in [5.74, 6) is 0.283. The number of nitrogen functional groups attached to an aromatic ring is 1. The van der Waals surface area contributed by atoms with Crippen LogP contribution in [0.3, 0.4) is 0 Å². The fourth-order valence-corrected chi connectivity index (χ4v) is 4.85. The van der Waals surface area contributed by atoms with Crippen LogP contribution in [0.5, 0.6) is 5.75 Å². The number of rotatable bonds is 4. The largest absolute Gasteiger partial charge is 0.485 e. The van der Waals surface area contributed by atoms with Gasteiger partial charge in [-0.1, -0.05) is 18.2 Å². The second-order valence-corrected chi connectivity index (χ2v) is 10.3. The molecule has 1 amide bonds. The molecule has 1 unspecified atom stereocenters. The summed E-state index contributed by atoms with van der Waals surface area (Å²) in [6.45, 7) is 7.74. The van der Waals surface area contributed by atoms with E-state index in [1.165, 1.54) is 6.07 Å². The Morgan fingerprint density at radius 2 is 1.97 bits per heavy atom. The smallest absolute Gasteiger partial charge is 0.410 e. The number of pyridine rings is 1. The molecule has 1 spiro atoms. The molecule has 2 aliphatic heterocycles. The van der Waals surface area contributed by atoms with E-state index in [1.54, 1.807) is 35.4 Å². The lowest BCUT2D eigenvalue weighted by Gasteiger charge is -2.26. The summed E-state index contributed by atoms with van der Waals surface area (Å²) in [6, 6.07) is 10.3. The number of amides is 1. The summed E-state index contributed by atoms with van der Waals surface area (Å²) < 4.78 is 27.4. The highest BCUT2D eigenvalue weighted by Crippen LogP contribution is 2.44. The summed E-state index contributed by atoms with van der Waals surface area (Å²) >= 11 is 0. The van der Waals surface area contributed by atoms with Crippen molar-refractivity contribution < 1.29 is 18.7 Å². The zero-order valence-electron chi connectivity index (χ0n) is 20.3. The number of nitrogens with zero attached hydrogens (tertiary/aromatic N) is 4. The van der Waals surface area contributed by atoms with Gasteiger partial charge < -0.3 is 20.1 Å². The Morgan fingerprint density at radius 1 is 1.20 bits per heavy atom. The number of benzene rings is 1. The number of hydrogen-bond acceptors (Lipinski definition) is 6. The lowest BCUT2D eigenvalue weighted by molar-refractivity contribution is 0.0284. The zero-order chi connectivity index (χ0) is 24.8. The first-order chi connectivity index (χ1) is 16.6. The van der Waals surface area contributed by atoms with E-state index in [9.17, 15) is 9.18 Å². The summed E-state index contributed by atoms with van der Waals surface area (Å²) in [6.07, 6.45) is 3.20.